The summed E-state index contributed by atoms with van der Waals surface area (Å²) in [7, 11) is 1.53. The maximum absolute atomic E-state index is 13.8. The summed E-state index contributed by atoms with van der Waals surface area (Å²) in [5, 5.41) is 9.23. The van der Waals surface area contributed by atoms with Gasteiger partial charge in [-0.2, -0.15) is 26.3 Å². The topological polar surface area (TPSA) is 105 Å². The molecule has 0 spiro atoms. The van der Waals surface area contributed by atoms with Crippen LogP contribution in [0.15, 0.2) is 0 Å². The highest BCUT2D eigenvalue weighted by Crippen LogP contribution is 2.50. The third-order valence-corrected chi connectivity index (χ3v) is 10.6. The summed E-state index contributed by atoms with van der Waals surface area (Å²) < 4.78 is 121. The summed E-state index contributed by atoms with van der Waals surface area (Å²) in [6, 6.07) is -0.934. The summed E-state index contributed by atoms with van der Waals surface area (Å²) >= 11 is 0. The SMILES string of the molecule is COC1CCC(CCC(=O)O)CC1c1c(C)nc(N2CC(F)(F)C2)nc1CN1C(=O)OC(C2CC(C(F)(F)F)CC(C(F)(F)F)C2)C1C. The number of carbonyl (C=O) groups is 2. The van der Waals surface area contributed by atoms with Gasteiger partial charge in [0.15, 0.2) is 0 Å². The van der Waals surface area contributed by atoms with Crippen molar-refractivity contribution in [2.24, 2.45) is 23.7 Å². The number of hydrogen-bond donors (Lipinski definition) is 1. The number of amides is 1. The van der Waals surface area contributed by atoms with Crippen molar-refractivity contribution in [1.82, 2.24) is 14.9 Å². The fourth-order valence-corrected chi connectivity index (χ4v) is 8.08. The Morgan fingerprint density at radius 3 is 2.19 bits per heavy atom. The first-order valence-electron chi connectivity index (χ1n) is 16.1. The van der Waals surface area contributed by atoms with Gasteiger partial charge in [0.25, 0.3) is 5.92 Å². The number of aliphatic carboxylic acids is 1. The molecule has 1 amide bonds. The summed E-state index contributed by atoms with van der Waals surface area (Å²) in [4.78, 5) is 36.2. The number of halogens is 8. The molecular formula is C31H40F8N4O5. The second-order valence-electron chi connectivity index (χ2n) is 13.8. The lowest BCUT2D eigenvalue weighted by Crippen LogP contribution is -2.57. The number of cyclic esters (lactones) is 1. The molecular weight excluding hydrogens is 660 g/mol. The Kier molecular flexibility index (Phi) is 10.1. The Hall–Kier alpha value is -2.98. The van der Waals surface area contributed by atoms with Crippen molar-refractivity contribution in [2.75, 3.05) is 25.1 Å². The van der Waals surface area contributed by atoms with Crippen LogP contribution in [0.1, 0.15) is 81.2 Å². The van der Waals surface area contributed by atoms with Crippen molar-refractivity contribution >= 4 is 18.0 Å². The number of methoxy groups -OCH3 is 1. The predicted octanol–water partition coefficient (Wildman–Crippen LogP) is 6.87. The largest absolute Gasteiger partial charge is 0.481 e. The lowest BCUT2D eigenvalue weighted by molar-refractivity contribution is -0.232. The van der Waals surface area contributed by atoms with Gasteiger partial charge in [0.1, 0.15) is 6.10 Å². The predicted molar refractivity (Wildman–Crippen MR) is 153 cm³/mol. The smallest absolute Gasteiger partial charge is 0.410 e. The number of nitrogens with zero attached hydrogens (tertiary/aromatic N) is 4. The lowest BCUT2D eigenvalue weighted by atomic mass is 9.71. The number of aromatic nitrogens is 2. The van der Waals surface area contributed by atoms with Gasteiger partial charge >= 0.3 is 24.4 Å². The summed E-state index contributed by atoms with van der Waals surface area (Å²) in [6.45, 7) is 1.65. The molecule has 7 unspecified atom stereocenters. The second kappa shape index (κ2) is 13.4. The molecule has 3 heterocycles. The minimum Gasteiger partial charge on any atom is -0.481 e. The average Bonchev–Trinajstić information content (AvgIpc) is 3.25. The maximum atomic E-state index is 13.8. The van der Waals surface area contributed by atoms with Gasteiger partial charge in [-0.15, -0.1) is 0 Å². The van der Waals surface area contributed by atoms with Gasteiger partial charge in [0.2, 0.25) is 5.95 Å². The highest BCUT2D eigenvalue weighted by molar-refractivity contribution is 5.71. The Bertz CT molecular complexity index is 1330. The normalized spacial score (nSPS) is 32.6. The quantitative estimate of drug-likeness (QED) is 0.279. The van der Waals surface area contributed by atoms with Crippen molar-refractivity contribution in [1.29, 1.82) is 0 Å². The van der Waals surface area contributed by atoms with Crippen LogP contribution in [-0.2, 0) is 20.8 Å². The maximum Gasteiger partial charge on any atom is 0.410 e. The van der Waals surface area contributed by atoms with Crippen LogP contribution in [0.5, 0.6) is 0 Å². The van der Waals surface area contributed by atoms with Crippen molar-refractivity contribution in [2.45, 2.75) is 114 Å². The molecule has 7 atom stereocenters. The Balaban J connectivity index is 1.46. The van der Waals surface area contributed by atoms with Crippen LogP contribution < -0.4 is 4.90 Å². The van der Waals surface area contributed by atoms with Crippen LogP contribution in [0.2, 0.25) is 0 Å². The first-order chi connectivity index (χ1) is 22.3. The number of aryl methyl sites for hydroxylation is 1. The van der Waals surface area contributed by atoms with Gasteiger partial charge < -0.3 is 19.5 Å². The molecule has 0 radical (unpaired) electrons. The first kappa shape index (κ1) is 36.3. The molecule has 17 heteroatoms. The zero-order valence-corrected chi connectivity index (χ0v) is 26.8. The van der Waals surface area contributed by atoms with E-state index in [9.17, 15) is 49.8 Å². The second-order valence-corrected chi connectivity index (χ2v) is 13.8. The van der Waals surface area contributed by atoms with Crippen LogP contribution in [-0.4, -0.2) is 88.8 Å². The van der Waals surface area contributed by atoms with Gasteiger partial charge in [-0.05, 0) is 70.6 Å². The van der Waals surface area contributed by atoms with E-state index in [1.54, 1.807) is 6.92 Å². The van der Waals surface area contributed by atoms with Gasteiger partial charge in [-0.1, -0.05) is 0 Å². The first-order valence-corrected chi connectivity index (χ1v) is 16.1. The molecule has 2 aliphatic heterocycles. The molecule has 2 saturated carbocycles. The minimum absolute atomic E-state index is 0.00513. The van der Waals surface area contributed by atoms with E-state index < -0.39 is 92.6 Å². The van der Waals surface area contributed by atoms with Crippen LogP contribution in [0, 0.1) is 30.6 Å². The zero-order valence-electron chi connectivity index (χ0n) is 26.8. The third kappa shape index (κ3) is 7.75. The van der Waals surface area contributed by atoms with Crippen LogP contribution in [0.3, 0.4) is 0 Å². The molecule has 0 aromatic carbocycles. The Labute approximate surface area is 272 Å². The molecule has 2 saturated heterocycles. The number of alkyl halides is 8. The molecule has 4 aliphatic rings. The van der Waals surface area contributed by atoms with Crippen molar-refractivity contribution < 1.29 is 59.3 Å². The fourth-order valence-electron chi connectivity index (χ4n) is 8.08. The molecule has 1 N–H and O–H groups in total. The fraction of sp³-hybridized carbons (Fsp3) is 0.806. The monoisotopic (exact) mass is 700 g/mol. The van der Waals surface area contributed by atoms with Crippen molar-refractivity contribution in [3.8, 4) is 0 Å². The lowest BCUT2D eigenvalue weighted by Gasteiger charge is -2.40. The number of carboxylic acid groups (broad SMARTS) is 1. The molecule has 270 valence electrons. The molecule has 9 nitrogen and oxygen atoms in total. The highest BCUT2D eigenvalue weighted by atomic mass is 19.4. The van der Waals surface area contributed by atoms with Crippen LogP contribution in [0.25, 0.3) is 0 Å². The third-order valence-electron chi connectivity index (χ3n) is 10.6. The number of hydrogen-bond acceptors (Lipinski definition) is 7. The number of ether oxygens (including phenoxy) is 2. The van der Waals surface area contributed by atoms with E-state index in [1.807, 2.05) is 0 Å². The van der Waals surface area contributed by atoms with E-state index >= 15 is 0 Å². The van der Waals surface area contributed by atoms with Gasteiger partial charge in [0, 0.05) is 30.7 Å². The molecule has 4 fully saturated rings. The Morgan fingerprint density at radius 1 is 1.02 bits per heavy atom. The molecule has 5 rings (SSSR count). The average molecular weight is 701 g/mol. The van der Waals surface area contributed by atoms with E-state index in [1.165, 1.54) is 23.8 Å². The van der Waals surface area contributed by atoms with Gasteiger partial charge in [-0.25, -0.2) is 23.5 Å². The van der Waals surface area contributed by atoms with E-state index in [-0.39, 0.29) is 42.5 Å². The van der Waals surface area contributed by atoms with Crippen LogP contribution >= 0.6 is 0 Å². The van der Waals surface area contributed by atoms with Crippen molar-refractivity contribution in [3.63, 3.8) is 0 Å². The molecule has 2 aliphatic carbocycles. The Morgan fingerprint density at radius 2 is 1.65 bits per heavy atom. The van der Waals surface area contributed by atoms with E-state index in [4.69, 9.17) is 9.47 Å². The van der Waals surface area contributed by atoms with Gasteiger partial charge in [-0.3, -0.25) is 9.69 Å². The van der Waals surface area contributed by atoms with Crippen molar-refractivity contribution in [3.05, 3.63) is 17.0 Å². The van der Waals surface area contributed by atoms with E-state index in [0.717, 1.165) is 0 Å². The minimum atomic E-state index is -4.86. The summed E-state index contributed by atoms with van der Waals surface area (Å²) in [5.41, 5.74) is 1.28. The standard InChI is InChI=1S/C31H40F8N4O5/c1-15-25(21-8-17(5-7-24(44)45)4-6-23(21)47-3)22(41-27(40-15)42-13-29(32,33)14-42)12-43-16(2)26(48-28(43)46)18-9-19(30(34,35)36)11-20(10-18)31(37,38)39/h16-21,23,26H,4-14H2,1-3H3,(H,44,45). The van der Waals surface area contributed by atoms with E-state index in [0.29, 0.717) is 36.9 Å². The van der Waals surface area contributed by atoms with Gasteiger partial charge in [0.05, 0.1) is 49.3 Å². The van der Waals surface area contributed by atoms with E-state index in [2.05, 4.69) is 9.97 Å². The summed E-state index contributed by atoms with van der Waals surface area (Å²) in [5.74, 6) is -9.87. The molecule has 48 heavy (non-hydrogen) atoms. The number of rotatable bonds is 9. The molecule has 0 bridgehead atoms. The zero-order chi connectivity index (χ0) is 35.3. The molecule has 1 aromatic rings. The number of carboxylic acids is 1. The summed E-state index contributed by atoms with van der Waals surface area (Å²) in [6.07, 6.45) is -12.4. The highest BCUT2D eigenvalue weighted by Gasteiger charge is 2.56. The number of anilines is 1. The molecule has 1 aromatic heterocycles. The number of carbonyl (C=O) groups excluding carboxylic acids is 1. The van der Waals surface area contributed by atoms with Crippen LogP contribution in [0.4, 0.5) is 45.9 Å².